The average Bonchev–Trinajstić information content (AvgIpc) is 3.06. The smallest absolute Gasteiger partial charge is 0.0911 e. The molecule has 0 aromatic carbocycles. The van der Waals surface area contributed by atoms with Gasteiger partial charge >= 0.3 is 0 Å². The Balaban J connectivity index is 1.72. The fourth-order valence-electron chi connectivity index (χ4n) is 2.72. The number of ether oxygens (including phenoxy) is 2. The Morgan fingerprint density at radius 3 is 2.65 bits per heavy atom. The van der Waals surface area contributed by atoms with Crippen LogP contribution in [0.15, 0.2) is 0 Å². The number of nitrogens with two attached hydrogens (primary N) is 1. The largest absolute Gasteiger partial charge is 0.388 e. The maximum absolute atomic E-state index is 7.38. The fourth-order valence-corrected chi connectivity index (χ4v) is 2.72. The molecule has 0 saturated heterocycles. The Labute approximate surface area is 103 Å². The zero-order chi connectivity index (χ0) is 12.3. The van der Waals surface area contributed by atoms with Crippen molar-refractivity contribution in [2.45, 2.75) is 57.2 Å². The van der Waals surface area contributed by atoms with Crippen molar-refractivity contribution in [2.24, 2.45) is 11.1 Å². The van der Waals surface area contributed by atoms with Gasteiger partial charge in [-0.3, -0.25) is 5.41 Å². The van der Waals surface area contributed by atoms with Gasteiger partial charge in [0.25, 0.3) is 0 Å². The zero-order valence-corrected chi connectivity index (χ0v) is 10.7. The van der Waals surface area contributed by atoms with E-state index in [0.717, 1.165) is 38.7 Å². The lowest BCUT2D eigenvalue weighted by atomic mass is 9.94. The number of amidine groups is 1. The molecule has 2 rings (SSSR count). The molecular formula is C13H24N2O2. The maximum Gasteiger partial charge on any atom is 0.0911 e. The molecule has 98 valence electrons. The minimum atomic E-state index is 0.200. The summed E-state index contributed by atoms with van der Waals surface area (Å²) in [5.41, 5.74) is 5.68. The van der Waals surface area contributed by atoms with Crippen molar-refractivity contribution in [3.8, 4) is 0 Å². The topological polar surface area (TPSA) is 68.3 Å². The van der Waals surface area contributed by atoms with Gasteiger partial charge in [0.05, 0.1) is 24.7 Å². The number of nitrogens with one attached hydrogen (secondary N) is 1. The van der Waals surface area contributed by atoms with E-state index in [9.17, 15) is 0 Å². The first-order chi connectivity index (χ1) is 8.13. The van der Waals surface area contributed by atoms with Crippen LogP contribution in [-0.4, -0.2) is 31.8 Å². The molecule has 0 amide bonds. The Morgan fingerprint density at radius 1 is 1.35 bits per heavy atom. The molecule has 2 unspecified atom stereocenters. The van der Waals surface area contributed by atoms with Crippen molar-refractivity contribution in [3.63, 3.8) is 0 Å². The van der Waals surface area contributed by atoms with E-state index in [1.165, 1.54) is 6.42 Å². The third kappa shape index (κ3) is 3.68. The van der Waals surface area contributed by atoms with Crippen molar-refractivity contribution in [3.05, 3.63) is 0 Å². The van der Waals surface area contributed by atoms with Crippen LogP contribution in [0.2, 0.25) is 0 Å². The number of rotatable bonds is 6. The quantitative estimate of drug-likeness (QED) is 0.551. The second-order valence-electron chi connectivity index (χ2n) is 5.66. The molecule has 4 heteroatoms. The Morgan fingerprint density at radius 2 is 2.06 bits per heavy atom. The second-order valence-corrected chi connectivity index (χ2v) is 5.66. The van der Waals surface area contributed by atoms with Crippen LogP contribution in [0.25, 0.3) is 0 Å². The first-order valence-electron chi connectivity index (χ1n) is 6.61. The summed E-state index contributed by atoms with van der Waals surface area (Å²) < 4.78 is 11.4. The van der Waals surface area contributed by atoms with Crippen molar-refractivity contribution >= 4 is 5.84 Å². The van der Waals surface area contributed by atoms with E-state index in [-0.39, 0.29) is 5.41 Å². The van der Waals surface area contributed by atoms with E-state index in [0.29, 0.717) is 24.5 Å². The Bertz CT molecular complexity index is 277. The standard InChI is InChI=1S/C13H24N2O2/c1-16-10-3-2-4-11(7-10)17-9-13(5-6-13)8-12(14)15/h10-11H,2-9H2,1H3,(H3,14,15). The molecular weight excluding hydrogens is 216 g/mol. The normalized spacial score (nSPS) is 31.1. The van der Waals surface area contributed by atoms with E-state index in [1.807, 2.05) is 0 Å². The summed E-state index contributed by atoms with van der Waals surface area (Å²) in [7, 11) is 1.78. The molecule has 2 fully saturated rings. The number of hydrogen-bond donors (Lipinski definition) is 2. The van der Waals surface area contributed by atoms with Gasteiger partial charge < -0.3 is 15.2 Å². The lowest BCUT2D eigenvalue weighted by molar-refractivity contribution is -0.0427. The van der Waals surface area contributed by atoms with Gasteiger partial charge in [0.2, 0.25) is 0 Å². The lowest BCUT2D eigenvalue weighted by Crippen LogP contribution is -2.30. The summed E-state index contributed by atoms with van der Waals surface area (Å²) in [5.74, 6) is 0.296. The summed E-state index contributed by atoms with van der Waals surface area (Å²) in [6.07, 6.45) is 8.27. The first kappa shape index (κ1) is 12.8. The Hall–Kier alpha value is -0.610. The van der Waals surface area contributed by atoms with Crippen LogP contribution in [0.5, 0.6) is 0 Å². The van der Waals surface area contributed by atoms with Gasteiger partial charge in [0, 0.05) is 18.9 Å². The highest BCUT2D eigenvalue weighted by molar-refractivity contribution is 5.78. The SMILES string of the molecule is COC1CCCC(OCC2(CC(=N)N)CC2)C1. The monoisotopic (exact) mass is 240 g/mol. The van der Waals surface area contributed by atoms with Gasteiger partial charge in [-0.1, -0.05) is 0 Å². The van der Waals surface area contributed by atoms with Gasteiger partial charge in [-0.25, -0.2) is 0 Å². The second kappa shape index (κ2) is 5.36. The van der Waals surface area contributed by atoms with Crippen molar-refractivity contribution in [1.82, 2.24) is 0 Å². The summed E-state index contributed by atoms with van der Waals surface area (Å²) in [5, 5.41) is 7.38. The molecule has 0 radical (unpaired) electrons. The third-order valence-electron chi connectivity index (χ3n) is 4.06. The molecule has 2 saturated carbocycles. The van der Waals surface area contributed by atoms with E-state index in [1.54, 1.807) is 7.11 Å². The highest BCUT2D eigenvalue weighted by atomic mass is 16.5. The molecule has 3 N–H and O–H groups in total. The van der Waals surface area contributed by atoms with Crippen LogP contribution < -0.4 is 5.73 Å². The number of methoxy groups -OCH3 is 1. The van der Waals surface area contributed by atoms with E-state index in [2.05, 4.69) is 0 Å². The molecule has 4 nitrogen and oxygen atoms in total. The third-order valence-corrected chi connectivity index (χ3v) is 4.06. The van der Waals surface area contributed by atoms with E-state index < -0.39 is 0 Å². The molecule has 0 spiro atoms. The van der Waals surface area contributed by atoms with Gasteiger partial charge in [0.1, 0.15) is 0 Å². The van der Waals surface area contributed by atoms with Crippen LogP contribution in [-0.2, 0) is 9.47 Å². The lowest BCUT2D eigenvalue weighted by Gasteiger charge is -2.29. The first-order valence-corrected chi connectivity index (χ1v) is 6.61. The molecule has 0 aromatic rings. The molecule has 0 bridgehead atoms. The van der Waals surface area contributed by atoms with Crippen LogP contribution in [0.3, 0.4) is 0 Å². The molecule has 2 aliphatic rings. The predicted molar refractivity (Wildman–Crippen MR) is 67.2 cm³/mol. The van der Waals surface area contributed by atoms with Gasteiger partial charge in [0.15, 0.2) is 0 Å². The summed E-state index contributed by atoms with van der Waals surface area (Å²) in [6, 6.07) is 0. The highest BCUT2D eigenvalue weighted by Crippen LogP contribution is 2.49. The molecule has 0 heterocycles. The molecule has 0 aromatic heterocycles. The molecule has 2 aliphatic carbocycles. The van der Waals surface area contributed by atoms with Gasteiger partial charge in [-0.05, 0) is 38.5 Å². The molecule has 0 aliphatic heterocycles. The fraction of sp³-hybridized carbons (Fsp3) is 0.923. The Kier molecular flexibility index (Phi) is 4.05. The van der Waals surface area contributed by atoms with Crippen molar-refractivity contribution in [1.29, 1.82) is 5.41 Å². The zero-order valence-electron chi connectivity index (χ0n) is 10.7. The highest BCUT2D eigenvalue weighted by Gasteiger charge is 2.44. The van der Waals surface area contributed by atoms with Gasteiger partial charge in [-0.2, -0.15) is 0 Å². The number of hydrogen-bond acceptors (Lipinski definition) is 3. The molecule has 2 atom stereocenters. The van der Waals surface area contributed by atoms with E-state index in [4.69, 9.17) is 20.6 Å². The summed E-state index contributed by atoms with van der Waals surface area (Å²) in [6.45, 7) is 0.772. The van der Waals surface area contributed by atoms with Gasteiger partial charge in [-0.15, -0.1) is 0 Å². The average molecular weight is 240 g/mol. The molecule has 17 heavy (non-hydrogen) atoms. The minimum absolute atomic E-state index is 0.200. The van der Waals surface area contributed by atoms with Crippen molar-refractivity contribution in [2.75, 3.05) is 13.7 Å². The summed E-state index contributed by atoms with van der Waals surface area (Å²) in [4.78, 5) is 0. The van der Waals surface area contributed by atoms with Crippen LogP contribution in [0.4, 0.5) is 0 Å². The summed E-state index contributed by atoms with van der Waals surface area (Å²) >= 11 is 0. The van der Waals surface area contributed by atoms with E-state index >= 15 is 0 Å². The predicted octanol–water partition coefficient (Wildman–Crippen LogP) is 2.07. The minimum Gasteiger partial charge on any atom is -0.388 e. The van der Waals surface area contributed by atoms with Crippen LogP contribution >= 0.6 is 0 Å². The maximum atomic E-state index is 7.38. The van der Waals surface area contributed by atoms with Crippen LogP contribution in [0.1, 0.15) is 44.9 Å². The van der Waals surface area contributed by atoms with Crippen molar-refractivity contribution < 1.29 is 9.47 Å². The van der Waals surface area contributed by atoms with Crippen LogP contribution in [0, 0.1) is 10.8 Å².